The molecule has 2 heterocycles. The molecule has 0 unspecified atom stereocenters. The zero-order chi connectivity index (χ0) is 18.1. The van der Waals surface area contributed by atoms with Crippen LogP contribution >= 0.6 is 0 Å². The van der Waals surface area contributed by atoms with Crippen LogP contribution in [0, 0.1) is 17.1 Å². The Kier molecular flexibility index (Phi) is 3.82. The van der Waals surface area contributed by atoms with Crippen molar-refractivity contribution in [3.05, 3.63) is 83.4 Å². The van der Waals surface area contributed by atoms with Crippen molar-refractivity contribution in [2.24, 2.45) is 0 Å². The van der Waals surface area contributed by atoms with E-state index in [0.29, 0.717) is 45.8 Å². The van der Waals surface area contributed by atoms with Crippen LogP contribution in [-0.2, 0) is 6.42 Å². The molecule has 2 aromatic carbocycles. The molecule has 0 spiro atoms. The Morgan fingerprint density at radius 2 is 1.88 bits per heavy atom. The third-order valence-corrected chi connectivity index (χ3v) is 4.19. The number of aromatic nitrogens is 3. The van der Waals surface area contributed by atoms with Crippen molar-refractivity contribution in [1.29, 1.82) is 5.26 Å². The molecule has 0 aliphatic carbocycles. The van der Waals surface area contributed by atoms with Gasteiger partial charge in [-0.1, -0.05) is 36.4 Å². The van der Waals surface area contributed by atoms with Crippen molar-refractivity contribution in [2.75, 3.05) is 5.73 Å². The highest BCUT2D eigenvalue weighted by Crippen LogP contribution is 2.25. The summed E-state index contributed by atoms with van der Waals surface area (Å²) in [6, 6.07) is 17.7. The van der Waals surface area contributed by atoms with Gasteiger partial charge >= 0.3 is 0 Å². The molecule has 0 saturated heterocycles. The van der Waals surface area contributed by atoms with Crippen molar-refractivity contribution in [1.82, 2.24) is 14.6 Å². The summed E-state index contributed by atoms with van der Waals surface area (Å²) in [5, 5.41) is 13.8. The Balaban J connectivity index is 1.79. The van der Waals surface area contributed by atoms with E-state index in [1.54, 1.807) is 47.1 Å². The van der Waals surface area contributed by atoms with E-state index in [9.17, 15) is 9.65 Å². The average Bonchev–Trinajstić information content (AvgIpc) is 3.07. The van der Waals surface area contributed by atoms with E-state index in [-0.39, 0.29) is 5.82 Å². The number of anilines is 1. The fourth-order valence-electron chi connectivity index (χ4n) is 2.92. The number of benzene rings is 2. The summed E-state index contributed by atoms with van der Waals surface area (Å²) in [5.74, 6) is 0.0433. The maximum Gasteiger partial charge on any atom is 0.150 e. The maximum absolute atomic E-state index is 13.9. The molecule has 0 radical (unpaired) electrons. The highest BCUT2D eigenvalue weighted by Gasteiger charge is 2.13. The molecule has 6 heteroatoms. The number of nitrogen functional groups attached to an aromatic ring is 1. The Bertz CT molecular complexity index is 1160. The van der Waals surface area contributed by atoms with Crippen molar-refractivity contribution in [3.8, 4) is 17.3 Å². The largest absolute Gasteiger partial charge is 0.382 e. The van der Waals surface area contributed by atoms with Gasteiger partial charge in [-0.15, -0.1) is 0 Å². The van der Waals surface area contributed by atoms with E-state index in [4.69, 9.17) is 5.73 Å². The van der Waals surface area contributed by atoms with E-state index in [1.165, 1.54) is 6.07 Å². The number of hydrogen-bond acceptors (Lipinski definition) is 4. The van der Waals surface area contributed by atoms with Gasteiger partial charge in [0.2, 0.25) is 0 Å². The Morgan fingerprint density at radius 1 is 1.12 bits per heavy atom. The second kappa shape index (κ2) is 6.30. The summed E-state index contributed by atoms with van der Waals surface area (Å²) < 4.78 is 15.5. The van der Waals surface area contributed by atoms with Crippen LogP contribution in [0.4, 0.5) is 10.2 Å². The van der Waals surface area contributed by atoms with Crippen LogP contribution in [0.5, 0.6) is 0 Å². The van der Waals surface area contributed by atoms with Gasteiger partial charge in [-0.3, -0.25) is 0 Å². The topological polar surface area (TPSA) is 80.0 Å². The highest BCUT2D eigenvalue weighted by molar-refractivity contribution is 5.73. The molecule has 0 aliphatic heterocycles. The molecule has 126 valence electrons. The molecule has 4 aromatic rings. The van der Waals surface area contributed by atoms with E-state index in [0.717, 1.165) is 0 Å². The standard InChI is InChI=1S/C20H14FN5/c21-17-8-4-2-5-13(17)9-15-10-19-20(23)24-18(12-26(19)25-15)16-7-3-1-6-14(16)11-22/h1-8,10,12H,9H2,(H2,23,24). The van der Waals surface area contributed by atoms with E-state index in [2.05, 4.69) is 16.2 Å². The average molecular weight is 343 g/mol. The Morgan fingerprint density at radius 3 is 2.69 bits per heavy atom. The van der Waals surface area contributed by atoms with Gasteiger partial charge in [-0.05, 0) is 23.8 Å². The van der Waals surface area contributed by atoms with Gasteiger partial charge in [-0.25, -0.2) is 13.9 Å². The first-order chi connectivity index (χ1) is 12.7. The first-order valence-electron chi connectivity index (χ1n) is 8.03. The first kappa shape index (κ1) is 15.8. The first-order valence-corrected chi connectivity index (χ1v) is 8.03. The van der Waals surface area contributed by atoms with Gasteiger partial charge in [0.15, 0.2) is 0 Å². The molecule has 0 atom stereocenters. The predicted octanol–water partition coefficient (Wildman–Crippen LogP) is 3.58. The van der Waals surface area contributed by atoms with Crippen LogP contribution in [0.1, 0.15) is 16.8 Å². The second-order valence-corrected chi connectivity index (χ2v) is 5.90. The van der Waals surface area contributed by atoms with Crippen molar-refractivity contribution in [2.45, 2.75) is 6.42 Å². The lowest BCUT2D eigenvalue weighted by Crippen LogP contribution is -2.00. The van der Waals surface area contributed by atoms with Crippen molar-refractivity contribution < 1.29 is 4.39 Å². The van der Waals surface area contributed by atoms with Crippen LogP contribution < -0.4 is 5.73 Å². The zero-order valence-corrected chi connectivity index (χ0v) is 13.7. The molecule has 2 aromatic heterocycles. The van der Waals surface area contributed by atoms with E-state index in [1.807, 2.05) is 12.1 Å². The molecule has 0 fully saturated rings. The molecular weight excluding hydrogens is 329 g/mol. The lowest BCUT2D eigenvalue weighted by molar-refractivity contribution is 0.613. The number of nitrogens with zero attached hydrogens (tertiary/aromatic N) is 4. The Hall–Kier alpha value is -3.72. The van der Waals surface area contributed by atoms with Gasteiger partial charge in [0.05, 0.1) is 29.2 Å². The molecular formula is C20H14FN5. The normalized spacial score (nSPS) is 10.8. The van der Waals surface area contributed by atoms with Crippen LogP contribution in [0.15, 0.2) is 60.8 Å². The number of fused-ring (bicyclic) bond motifs is 1. The summed E-state index contributed by atoms with van der Waals surface area (Å²) in [6.07, 6.45) is 2.09. The lowest BCUT2D eigenvalue weighted by atomic mass is 10.1. The van der Waals surface area contributed by atoms with Gasteiger partial charge in [-0.2, -0.15) is 10.4 Å². The predicted molar refractivity (Wildman–Crippen MR) is 96.8 cm³/mol. The minimum atomic E-state index is -0.265. The number of rotatable bonds is 3. The summed E-state index contributed by atoms with van der Waals surface area (Å²) in [4.78, 5) is 4.41. The summed E-state index contributed by atoms with van der Waals surface area (Å²) in [5.41, 5.74) is 9.76. The number of halogens is 1. The maximum atomic E-state index is 13.9. The lowest BCUT2D eigenvalue weighted by Gasteiger charge is -2.05. The monoisotopic (exact) mass is 343 g/mol. The summed E-state index contributed by atoms with van der Waals surface area (Å²) >= 11 is 0. The molecule has 2 N–H and O–H groups in total. The highest BCUT2D eigenvalue weighted by atomic mass is 19.1. The molecule has 0 amide bonds. The minimum absolute atomic E-state index is 0.265. The third-order valence-electron chi connectivity index (χ3n) is 4.19. The molecule has 0 aliphatic rings. The molecule has 26 heavy (non-hydrogen) atoms. The fraction of sp³-hybridized carbons (Fsp3) is 0.0500. The van der Waals surface area contributed by atoms with Crippen LogP contribution in [0.2, 0.25) is 0 Å². The van der Waals surface area contributed by atoms with Crippen LogP contribution in [0.3, 0.4) is 0 Å². The van der Waals surface area contributed by atoms with E-state index < -0.39 is 0 Å². The smallest absolute Gasteiger partial charge is 0.150 e. The molecule has 4 rings (SSSR count). The van der Waals surface area contributed by atoms with Crippen LogP contribution in [0.25, 0.3) is 16.8 Å². The number of nitriles is 1. The van der Waals surface area contributed by atoms with Crippen LogP contribution in [-0.4, -0.2) is 14.6 Å². The van der Waals surface area contributed by atoms with Crippen molar-refractivity contribution in [3.63, 3.8) is 0 Å². The molecule has 0 saturated carbocycles. The SMILES string of the molecule is N#Cc1ccccc1-c1cn2nc(Cc3ccccc3F)cc2c(N)n1. The number of hydrogen-bond donors (Lipinski definition) is 1. The second-order valence-electron chi connectivity index (χ2n) is 5.90. The Labute approximate surface area is 149 Å². The molecule has 5 nitrogen and oxygen atoms in total. The number of nitrogens with two attached hydrogens (primary N) is 1. The minimum Gasteiger partial charge on any atom is -0.382 e. The fourth-order valence-corrected chi connectivity index (χ4v) is 2.92. The third kappa shape index (κ3) is 2.76. The van der Waals surface area contributed by atoms with Gasteiger partial charge in [0.1, 0.15) is 17.2 Å². The van der Waals surface area contributed by atoms with Gasteiger partial charge < -0.3 is 5.73 Å². The van der Waals surface area contributed by atoms with E-state index >= 15 is 0 Å². The zero-order valence-electron chi connectivity index (χ0n) is 13.7. The van der Waals surface area contributed by atoms with Gasteiger partial charge in [0, 0.05) is 12.0 Å². The summed E-state index contributed by atoms with van der Waals surface area (Å²) in [6.45, 7) is 0. The van der Waals surface area contributed by atoms with Gasteiger partial charge in [0.25, 0.3) is 0 Å². The van der Waals surface area contributed by atoms with Crippen molar-refractivity contribution >= 4 is 11.3 Å². The summed E-state index contributed by atoms with van der Waals surface area (Å²) in [7, 11) is 0. The molecule has 0 bridgehead atoms. The quantitative estimate of drug-likeness (QED) is 0.616.